The van der Waals surface area contributed by atoms with Gasteiger partial charge in [0.05, 0.1) is 6.54 Å². The van der Waals surface area contributed by atoms with Crippen LogP contribution in [-0.4, -0.2) is 43.3 Å². The summed E-state index contributed by atoms with van der Waals surface area (Å²) in [5.41, 5.74) is 1.09. The van der Waals surface area contributed by atoms with E-state index in [1.54, 1.807) is 35.0 Å². The van der Waals surface area contributed by atoms with Crippen LogP contribution in [0.15, 0.2) is 48.9 Å². The fourth-order valence-corrected chi connectivity index (χ4v) is 3.97. The van der Waals surface area contributed by atoms with Crippen molar-refractivity contribution in [2.45, 2.75) is 19.1 Å². The van der Waals surface area contributed by atoms with Gasteiger partial charge in [-0.2, -0.15) is 11.8 Å². The molecule has 0 saturated carbocycles. The smallest absolute Gasteiger partial charge is 0.257 e. The number of thioether (sulfide) groups is 1. The van der Waals surface area contributed by atoms with Crippen LogP contribution in [0, 0.1) is 5.82 Å². The summed E-state index contributed by atoms with van der Waals surface area (Å²) in [5.74, 6) is 2.20. The number of aromatic nitrogens is 4. The summed E-state index contributed by atoms with van der Waals surface area (Å²) in [6.45, 7) is 0.157. The molecule has 0 spiro atoms. The van der Waals surface area contributed by atoms with E-state index in [0.29, 0.717) is 23.0 Å². The summed E-state index contributed by atoms with van der Waals surface area (Å²) >= 11 is 1.83. The first-order valence-electron chi connectivity index (χ1n) is 8.83. The second kappa shape index (κ2) is 8.39. The molecular weight excluding hydrogens is 381 g/mol. The summed E-state index contributed by atoms with van der Waals surface area (Å²) in [4.78, 5) is 16.9. The molecule has 1 aliphatic heterocycles. The number of amides is 1. The molecule has 4 rings (SSSR count). The molecule has 0 bridgehead atoms. The molecule has 1 fully saturated rings. The molecule has 9 heteroatoms. The van der Waals surface area contributed by atoms with E-state index in [0.717, 1.165) is 17.9 Å². The first-order valence-corrected chi connectivity index (χ1v) is 9.98. The fraction of sp³-hybridized carbons (Fsp3) is 0.263. The highest BCUT2D eigenvalue weighted by Gasteiger charge is 2.21. The summed E-state index contributed by atoms with van der Waals surface area (Å²) < 4.78 is 20.7. The molecule has 28 heavy (non-hydrogen) atoms. The standard InChI is InChI=1S/C19H18FN5O2S/c20-13-3-5-14(6-4-13)25-12-23-24-17(25)10-22-18(26)16-2-1-8-21-19(16)27-15-7-9-28-11-15/h1-6,8,12,15H,7,9-11H2,(H,22,26). The van der Waals surface area contributed by atoms with E-state index < -0.39 is 0 Å². The Morgan fingerprint density at radius 2 is 2.18 bits per heavy atom. The fourth-order valence-electron chi connectivity index (χ4n) is 2.87. The molecule has 0 radical (unpaired) electrons. The van der Waals surface area contributed by atoms with Gasteiger partial charge in [0.15, 0.2) is 5.82 Å². The maximum atomic E-state index is 13.1. The normalized spacial score (nSPS) is 16.1. The molecule has 1 unspecified atom stereocenters. The summed E-state index contributed by atoms with van der Waals surface area (Å²) in [6, 6.07) is 9.35. The SMILES string of the molecule is O=C(NCc1nncn1-c1ccc(F)cc1)c1cccnc1OC1CCSC1. The Bertz CT molecular complexity index is 957. The molecule has 1 aliphatic rings. The zero-order chi connectivity index (χ0) is 19.3. The van der Waals surface area contributed by atoms with E-state index in [1.807, 2.05) is 11.8 Å². The van der Waals surface area contributed by atoms with Crippen molar-refractivity contribution in [2.24, 2.45) is 0 Å². The quantitative estimate of drug-likeness (QED) is 0.686. The maximum absolute atomic E-state index is 13.1. The third kappa shape index (κ3) is 4.14. The zero-order valence-corrected chi connectivity index (χ0v) is 15.7. The van der Waals surface area contributed by atoms with E-state index >= 15 is 0 Å². The number of carbonyl (C=O) groups is 1. The zero-order valence-electron chi connectivity index (χ0n) is 14.9. The predicted molar refractivity (Wildman–Crippen MR) is 103 cm³/mol. The van der Waals surface area contributed by atoms with Crippen LogP contribution < -0.4 is 10.1 Å². The Kier molecular flexibility index (Phi) is 5.52. The highest BCUT2D eigenvalue weighted by Crippen LogP contribution is 2.24. The van der Waals surface area contributed by atoms with Gasteiger partial charge in [0.2, 0.25) is 5.88 Å². The highest BCUT2D eigenvalue weighted by atomic mass is 32.2. The largest absolute Gasteiger partial charge is 0.473 e. The Morgan fingerprint density at radius 1 is 1.32 bits per heavy atom. The first kappa shape index (κ1) is 18.4. The Morgan fingerprint density at radius 3 is 2.96 bits per heavy atom. The minimum Gasteiger partial charge on any atom is -0.473 e. The van der Waals surface area contributed by atoms with E-state index in [9.17, 15) is 9.18 Å². The first-order chi connectivity index (χ1) is 13.7. The van der Waals surface area contributed by atoms with Crippen LogP contribution in [-0.2, 0) is 6.54 Å². The van der Waals surface area contributed by atoms with Crippen molar-refractivity contribution >= 4 is 17.7 Å². The van der Waals surface area contributed by atoms with Gasteiger partial charge in [-0.25, -0.2) is 9.37 Å². The highest BCUT2D eigenvalue weighted by molar-refractivity contribution is 7.99. The Hall–Kier alpha value is -2.94. The van der Waals surface area contributed by atoms with Crippen molar-refractivity contribution in [3.8, 4) is 11.6 Å². The van der Waals surface area contributed by atoms with Gasteiger partial charge in [-0.3, -0.25) is 9.36 Å². The number of halogens is 1. The number of benzene rings is 1. The maximum Gasteiger partial charge on any atom is 0.257 e. The third-order valence-electron chi connectivity index (χ3n) is 4.31. The van der Waals surface area contributed by atoms with Crippen molar-refractivity contribution in [2.75, 3.05) is 11.5 Å². The average molecular weight is 399 g/mol. The second-order valence-electron chi connectivity index (χ2n) is 6.24. The van der Waals surface area contributed by atoms with E-state index in [2.05, 4.69) is 20.5 Å². The summed E-state index contributed by atoms with van der Waals surface area (Å²) in [6.07, 6.45) is 4.15. The minimum atomic E-state index is -0.323. The molecular formula is C19H18FN5O2S. The molecule has 3 heterocycles. The number of nitrogens with one attached hydrogen (secondary N) is 1. The van der Waals surface area contributed by atoms with Crippen molar-refractivity contribution in [3.63, 3.8) is 0 Å². The van der Waals surface area contributed by atoms with Gasteiger partial charge in [-0.1, -0.05) is 0 Å². The lowest BCUT2D eigenvalue weighted by Crippen LogP contribution is -2.26. The van der Waals surface area contributed by atoms with Crippen LogP contribution in [0.4, 0.5) is 4.39 Å². The molecule has 144 valence electrons. The molecule has 2 aromatic heterocycles. The van der Waals surface area contributed by atoms with E-state index in [1.165, 1.54) is 18.5 Å². The monoisotopic (exact) mass is 399 g/mol. The molecule has 1 N–H and O–H groups in total. The number of rotatable bonds is 6. The Balaban J connectivity index is 1.46. The number of hydrogen-bond donors (Lipinski definition) is 1. The number of carbonyl (C=O) groups excluding carboxylic acids is 1. The van der Waals surface area contributed by atoms with Crippen LogP contribution in [0.5, 0.6) is 5.88 Å². The van der Waals surface area contributed by atoms with Gasteiger partial charge in [0, 0.05) is 17.6 Å². The minimum absolute atomic E-state index is 0.0769. The van der Waals surface area contributed by atoms with Gasteiger partial charge in [0.1, 0.15) is 23.8 Å². The van der Waals surface area contributed by atoms with Gasteiger partial charge in [-0.15, -0.1) is 10.2 Å². The van der Waals surface area contributed by atoms with Crippen molar-refractivity contribution < 1.29 is 13.9 Å². The molecule has 3 aromatic rings. The third-order valence-corrected chi connectivity index (χ3v) is 5.44. The van der Waals surface area contributed by atoms with Gasteiger partial charge in [0.25, 0.3) is 5.91 Å². The van der Waals surface area contributed by atoms with Crippen LogP contribution in [0.3, 0.4) is 0 Å². The van der Waals surface area contributed by atoms with Gasteiger partial charge >= 0.3 is 0 Å². The lowest BCUT2D eigenvalue weighted by atomic mass is 10.2. The molecule has 1 amide bonds. The summed E-state index contributed by atoms with van der Waals surface area (Å²) in [5, 5.41) is 10.8. The molecule has 1 atom stereocenters. The van der Waals surface area contributed by atoms with Gasteiger partial charge in [-0.05, 0) is 48.6 Å². The van der Waals surface area contributed by atoms with Crippen LogP contribution in [0.25, 0.3) is 5.69 Å². The average Bonchev–Trinajstić information content (AvgIpc) is 3.39. The second-order valence-corrected chi connectivity index (χ2v) is 7.39. The van der Waals surface area contributed by atoms with Gasteiger partial charge < -0.3 is 10.1 Å². The molecule has 7 nitrogen and oxygen atoms in total. The van der Waals surface area contributed by atoms with Crippen LogP contribution >= 0.6 is 11.8 Å². The lowest BCUT2D eigenvalue weighted by Gasteiger charge is -2.14. The number of pyridine rings is 1. The number of nitrogens with zero attached hydrogens (tertiary/aromatic N) is 4. The van der Waals surface area contributed by atoms with Crippen molar-refractivity contribution in [1.29, 1.82) is 0 Å². The Labute approximate surface area is 165 Å². The predicted octanol–water partition coefficient (Wildman–Crippen LogP) is 2.62. The number of ether oxygens (including phenoxy) is 1. The molecule has 1 saturated heterocycles. The van der Waals surface area contributed by atoms with Crippen LogP contribution in [0.1, 0.15) is 22.6 Å². The number of hydrogen-bond acceptors (Lipinski definition) is 6. The van der Waals surface area contributed by atoms with E-state index in [-0.39, 0.29) is 24.4 Å². The van der Waals surface area contributed by atoms with E-state index in [4.69, 9.17) is 4.74 Å². The summed E-state index contributed by atoms with van der Waals surface area (Å²) in [7, 11) is 0. The van der Waals surface area contributed by atoms with Crippen LogP contribution in [0.2, 0.25) is 0 Å². The molecule has 1 aromatic carbocycles. The lowest BCUT2D eigenvalue weighted by molar-refractivity contribution is 0.0942. The van der Waals surface area contributed by atoms with Crippen molar-refractivity contribution in [1.82, 2.24) is 25.1 Å². The molecule has 0 aliphatic carbocycles. The topological polar surface area (TPSA) is 81.9 Å². The van der Waals surface area contributed by atoms with Crippen molar-refractivity contribution in [3.05, 3.63) is 66.1 Å².